The lowest BCUT2D eigenvalue weighted by molar-refractivity contribution is 0.112. The maximum atomic E-state index is 10.7. The average Bonchev–Trinajstić information content (AvgIpc) is 2.35. The first-order valence-corrected chi connectivity index (χ1v) is 6.49. The summed E-state index contributed by atoms with van der Waals surface area (Å²) in [6.45, 7) is 8.53. The second kappa shape index (κ2) is 6.65. The Labute approximate surface area is 109 Å². The molecule has 94 valence electrons. The first-order chi connectivity index (χ1) is 8.12. The summed E-state index contributed by atoms with van der Waals surface area (Å²) in [5, 5.41) is 0.528. The predicted molar refractivity (Wildman–Crippen MR) is 74.2 cm³/mol. The highest BCUT2D eigenvalue weighted by Crippen LogP contribution is 2.23. The van der Waals surface area contributed by atoms with Crippen LogP contribution in [0.5, 0.6) is 0 Å². The topological polar surface area (TPSA) is 20.3 Å². The molecule has 0 aliphatic carbocycles. The first kappa shape index (κ1) is 14.0. The van der Waals surface area contributed by atoms with E-state index in [0.29, 0.717) is 16.5 Å². The number of benzene rings is 1. The molecule has 1 unspecified atom stereocenters. The number of aldehydes is 1. The van der Waals surface area contributed by atoms with E-state index in [-0.39, 0.29) is 0 Å². The molecule has 0 aromatic heterocycles. The molecular formula is C14H20ClNO. The van der Waals surface area contributed by atoms with Crippen LogP contribution in [-0.2, 0) is 0 Å². The van der Waals surface area contributed by atoms with Crippen LogP contribution < -0.4 is 4.90 Å². The van der Waals surface area contributed by atoms with Gasteiger partial charge in [-0.2, -0.15) is 0 Å². The lowest BCUT2D eigenvalue weighted by Gasteiger charge is -2.26. The van der Waals surface area contributed by atoms with Gasteiger partial charge in [0, 0.05) is 24.3 Å². The number of carbonyl (C=O) groups is 1. The van der Waals surface area contributed by atoms with Gasteiger partial charge in [0.1, 0.15) is 0 Å². The number of carbonyl (C=O) groups excluding carboxylic acids is 1. The predicted octanol–water partition coefficient (Wildman–Crippen LogP) is 4.02. The molecule has 0 N–H and O–H groups in total. The minimum Gasteiger partial charge on any atom is -0.372 e. The summed E-state index contributed by atoms with van der Waals surface area (Å²) in [6, 6.07) is 5.61. The Morgan fingerprint density at radius 2 is 2.12 bits per heavy atom. The zero-order valence-electron chi connectivity index (χ0n) is 10.7. The largest absolute Gasteiger partial charge is 0.372 e. The van der Waals surface area contributed by atoms with Crippen molar-refractivity contribution in [1.29, 1.82) is 0 Å². The third-order valence-electron chi connectivity index (χ3n) is 3.09. The highest BCUT2D eigenvalue weighted by Gasteiger charge is 2.10. The lowest BCUT2D eigenvalue weighted by Crippen LogP contribution is -2.28. The molecule has 0 amide bonds. The number of anilines is 1. The van der Waals surface area contributed by atoms with E-state index >= 15 is 0 Å². The van der Waals surface area contributed by atoms with E-state index in [1.807, 2.05) is 12.1 Å². The second-order valence-corrected chi connectivity index (χ2v) is 4.78. The molecule has 0 bridgehead atoms. The van der Waals surface area contributed by atoms with Crippen molar-refractivity contribution in [3.8, 4) is 0 Å². The Hall–Kier alpha value is -1.02. The van der Waals surface area contributed by atoms with Crippen LogP contribution in [0.15, 0.2) is 18.2 Å². The molecule has 0 spiro atoms. The molecule has 1 aromatic rings. The van der Waals surface area contributed by atoms with E-state index in [1.165, 1.54) is 0 Å². The van der Waals surface area contributed by atoms with Crippen molar-refractivity contribution in [2.75, 3.05) is 18.0 Å². The monoisotopic (exact) mass is 253 g/mol. The van der Waals surface area contributed by atoms with Crippen LogP contribution in [0.1, 0.15) is 37.6 Å². The average molecular weight is 254 g/mol. The summed E-state index contributed by atoms with van der Waals surface area (Å²) in [6.07, 6.45) is 1.95. The highest BCUT2D eigenvalue weighted by atomic mass is 35.5. The van der Waals surface area contributed by atoms with Gasteiger partial charge in [-0.05, 0) is 31.0 Å². The van der Waals surface area contributed by atoms with E-state index in [1.54, 1.807) is 6.07 Å². The Balaban J connectivity index is 2.88. The number of hydrogen-bond acceptors (Lipinski definition) is 2. The fourth-order valence-corrected chi connectivity index (χ4v) is 1.95. The van der Waals surface area contributed by atoms with E-state index in [2.05, 4.69) is 25.7 Å². The van der Waals surface area contributed by atoms with Gasteiger partial charge in [0.25, 0.3) is 0 Å². The summed E-state index contributed by atoms with van der Waals surface area (Å²) >= 11 is 6.04. The van der Waals surface area contributed by atoms with Gasteiger partial charge in [0.05, 0.1) is 5.02 Å². The lowest BCUT2D eigenvalue weighted by atomic mass is 10.1. The highest BCUT2D eigenvalue weighted by molar-refractivity contribution is 6.33. The Kier molecular flexibility index (Phi) is 5.49. The minimum atomic E-state index is 0.528. The van der Waals surface area contributed by atoms with Crippen LogP contribution >= 0.6 is 11.6 Å². The van der Waals surface area contributed by atoms with Crippen LogP contribution in [0.3, 0.4) is 0 Å². The van der Waals surface area contributed by atoms with Crippen molar-refractivity contribution in [1.82, 2.24) is 0 Å². The van der Waals surface area contributed by atoms with Gasteiger partial charge < -0.3 is 4.90 Å². The van der Waals surface area contributed by atoms with E-state index in [4.69, 9.17) is 11.6 Å². The Morgan fingerprint density at radius 3 is 2.59 bits per heavy atom. The van der Waals surface area contributed by atoms with Crippen LogP contribution in [0.25, 0.3) is 0 Å². The second-order valence-electron chi connectivity index (χ2n) is 4.38. The SMILES string of the molecule is CCC(C)CN(CC)c1ccc(C=O)c(Cl)c1. The molecule has 1 atom stereocenters. The normalized spacial score (nSPS) is 12.2. The third kappa shape index (κ3) is 3.74. The quantitative estimate of drug-likeness (QED) is 0.714. The number of hydrogen-bond donors (Lipinski definition) is 0. The summed E-state index contributed by atoms with van der Waals surface area (Å²) in [5.41, 5.74) is 1.64. The molecule has 1 aromatic carbocycles. The fraction of sp³-hybridized carbons (Fsp3) is 0.500. The first-order valence-electron chi connectivity index (χ1n) is 6.12. The van der Waals surface area contributed by atoms with Crippen LogP contribution in [0.4, 0.5) is 5.69 Å². The van der Waals surface area contributed by atoms with Crippen LogP contribution in [-0.4, -0.2) is 19.4 Å². The maximum Gasteiger partial charge on any atom is 0.151 e. The van der Waals surface area contributed by atoms with Crippen molar-refractivity contribution in [2.45, 2.75) is 27.2 Å². The Morgan fingerprint density at radius 1 is 1.41 bits per heavy atom. The molecule has 1 rings (SSSR count). The van der Waals surface area contributed by atoms with Gasteiger partial charge in [-0.3, -0.25) is 4.79 Å². The molecular weight excluding hydrogens is 234 g/mol. The molecule has 0 saturated heterocycles. The van der Waals surface area contributed by atoms with Gasteiger partial charge in [-0.15, -0.1) is 0 Å². The molecule has 0 heterocycles. The van der Waals surface area contributed by atoms with Gasteiger partial charge in [-0.25, -0.2) is 0 Å². The van der Waals surface area contributed by atoms with E-state index in [0.717, 1.165) is 31.5 Å². The van der Waals surface area contributed by atoms with Gasteiger partial charge in [0.2, 0.25) is 0 Å². The zero-order chi connectivity index (χ0) is 12.8. The van der Waals surface area contributed by atoms with E-state index < -0.39 is 0 Å². The molecule has 0 saturated carbocycles. The summed E-state index contributed by atoms with van der Waals surface area (Å²) < 4.78 is 0. The molecule has 0 radical (unpaired) electrons. The number of rotatable bonds is 6. The van der Waals surface area contributed by atoms with E-state index in [9.17, 15) is 4.79 Å². The smallest absolute Gasteiger partial charge is 0.151 e. The molecule has 2 nitrogen and oxygen atoms in total. The summed E-state index contributed by atoms with van der Waals surface area (Å²) in [5.74, 6) is 0.652. The molecule has 0 aliphatic rings. The third-order valence-corrected chi connectivity index (χ3v) is 3.41. The molecule has 0 fully saturated rings. The van der Waals surface area contributed by atoms with Gasteiger partial charge >= 0.3 is 0 Å². The molecule has 3 heteroatoms. The summed E-state index contributed by atoms with van der Waals surface area (Å²) in [4.78, 5) is 13.0. The van der Waals surface area contributed by atoms with Gasteiger partial charge in [0.15, 0.2) is 6.29 Å². The standard InChI is InChI=1S/C14H20ClNO/c1-4-11(3)9-16(5-2)13-7-6-12(10-17)14(15)8-13/h6-8,10-11H,4-5,9H2,1-3H3. The molecule has 17 heavy (non-hydrogen) atoms. The van der Waals surface area contributed by atoms with Crippen molar-refractivity contribution in [3.63, 3.8) is 0 Å². The number of halogens is 1. The van der Waals surface area contributed by atoms with Gasteiger partial charge in [-0.1, -0.05) is 31.9 Å². The van der Waals surface area contributed by atoms with Crippen molar-refractivity contribution in [2.24, 2.45) is 5.92 Å². The van der Waals surface area contributed by atoms with Crippen molar-refractivity contribution >= 4 is 23.6 Å². The van der Waals surface area contributed by atoms with Crippen LogP contribution in [0.2, 0.25) is 5.02 Å². The van der Waals surface area contributed by atoms with Crippen molar-refractivity contribution < 1.29 is 4.79 Å². The van der Waals surface area contributed by atoms with Crippen molar-refractivity contribution in [3.05, 3.63) is 28.8 Å². The Bertz CT molecular complexity index is 378. The summed E-state index contributed by atoms with van der Waals surface area (Å²) in [7, 11) is 0. The molecule has 0 aliphatic heterocycles. The minimum absolute atomic E-state index is 0.528. The zero-order valence-corrected chi connectivity index (χ0v) is 11.5. The van der Waals surface area contributed by atoms with Crippen LogP contribution in [0, 0.1) is 5.92 Å². The maximum absolute atomic E-state index is 10.7. The fourth-order valence-electron chi connectivity index (χ4n) is 1.73. The number of nitrogens with zero attached hydrogens (tertiary/aromatic N) is 1.